The minimum atomic E-state index is -3.52. The molecule has 0 bridgehead atoms. The van der Waals surface area contributed by atoms with Gasteiger partial charge in [0.1, 0.15) is 0 Å². The Morgan fingerprint density at radius 2 is 1.73 bits per heavy atom. The third kappa shape index (κ3) is 4.65. The van der Waals surface area contributed by atoms with Gasteiger partial charge >= 0.3 is 0 Å². The van der Waals surface area contributed by atoms with Gasteiger partial charge in [0.2, 0.25) is 15.9 Å². The lowest BCUT2D eigenvalue weighted by Crippen LogP contribution is -2.45. The molecule has 0 aromatic heterocycles. The Kier molecular flexibility index (Phi) is 6.86. The Morgan fingerprint density at radius 1 is 1.19 bits per heavy atom. The van der Waals surface area contributed by atoms with Gasteiger partial charge in [-0.3, -0.25) is 4.79 Å². The zero-order chi connectivity index (χ0) is 19.5. The van der Waals surface area contributed by atoms with E-state index in [1.54, 1.807) is 0 Å². The van der Waals surface area contributed by atoms with Crippen LogP contribution in [-0.2, 0) is 14.8 Å². The third-order valence-electron chi connectivity index (χ3n) is 5.14. The number of aryl methyl sites for hydroxylation is 3. The van der Waals surface area contributed by atoms with Crippen LogP contribution in [0.25, 0.3) is 0 Å². The topological polar surface area (TPSA) is 66.5 Å². The number of rotatable bonds is 6. The molecular formula is C20H32N2O3S. The number of amides is 1. The first kappa shape index (κ1) is 20.9. The largest absolute Gasteiger partial charge is 0.353 e. The molecule has 26 heavy (non-hydrogen) atoms. The van der Waals surface area contributed by atoms with Gasteiger partial charge in [0.25, 0.3) is 0 Å². The van der Waals surface area contributed by atoms with Crippen molar-refractivity contribution in [2.24, 2.45) is 5.92 Å². The summed E-state index contributed by atoms with van der Waals surface area (Å²) in [5, 5.41) is 3.05. The molecule has 1 aromatic carbocycles. The maximum absolute atomic E-state index is 13.1. The van der Waals surface area contributed by atoms with Gasteiger partial charge in [0.15, 0.2) is 0 Å². The molecule has 1 amide bonds. The van der Waals surface area contributed by atoms with Crippen molar-refractivity contribution in [3.05, 3.63) is 28.8 Å². The van der Waals surface area contributed by atoms with Crippen molar-refractivity contribution in [2.75, 3.05) is 13.1 Å². The number of nitrogens with zero attached hydrogens (tertiary/aromatic N) is 1. The van der Waals surface area contributed by atoms with Gasteiger partial charge in [-0.15, -0.1) is 0 Å². The summed E-state index contributed by atoms with van der Waals surface area (Å²) in [6.07, 6.45) is 3.15. The lowest BCUT2D eigenvalue weighted by molar-refractivity contribution is -0.126. The van der Waals surface area contributed by atoms with Crippen molar-refractivity contribution in [2.45, 2.75) is 71.2 Å². The van der Waals surface area contributed by atoms with Gasteiger partial charge in [0.05, 0.1) is 4.90 Å². The zero-order valence-corrected chi connectivity index (χ0v) is 17.4. The van der Waals surface area contributed by atoms with E-state index in [0.29, 0.717) is 30.8 Å². The first-order valence-corrected chi connectivity index (χ1v) is 11.0. The van der Waals surface area contributed by atoms with Gasteiger partial charge in [0, 0.05) is 25.0 Å². The molecule has 5 nitrogen and oxygen atoms in total. The van der Waals surface area contributed by atoms with E-state index < -0.39 is 10.0 Å². The summed E-state index contributed by atoms with van der Waals surface area (Å²) in [5.41, 5.74) is 2.64. The Morgan fingerprint density at radius 3 is 2.23 bits per heavy atom. The monoisotopic (exact) mass is 380 g/mol. The molecule has 6 heteroatoms. The average molecular weight is 381 g/mol. The normalized spacial score (nSPS) is 17.9. The molecule has 1 fully saturated rings. The molecule has 146 valence electrons. The SMILES string of the molecule is CCCC(C)NC(=O)C1CCN(S(=O)(=O)c2c(C)cc(C)cc2C)CC1. The van der Waals surface area contributed by atoms with Crippen molar-refractivity contribution in [1.82, 2.24) is 9.62 Å². The lowest BCUT2D eigenvalue weighted by Gasteiger charge is -2.32. The molecule has 1 aromatic rings. The fraction of sp³-hybridized carbons (Fsp3) is 0.650. The van der Waals surface area contributed by atoms with Crippen molar-refractivity contribution in [3.8, 4) is 0 Å². The van der Waals surface area contributed by atoms with E-state index in [1.807, 2.05) is 39.8 Å². The van der Waals surface area contributed by atoms with Gasteiger partial charge in [-0.25, -0.2) is 8.42 Å². The maximum atomic E-state index is 13.1. The predicted octanol–water partition coefficient (Wildman–Crippen LogP) is 3.32. The van der Waals surface area contributed by atoms with Crippen LogP contribution in [0.5, 0.6) is 0 Å². The molecule has 1 N–H and O–H groups in total. The van der Waals surface area contributed by atoms with Crippen LogP contribution in [0.15, 0.2) is 17.0 Å². The van der Waals surface area contributed by atoms with Crippen LogP contribution >= 0.6 is 0 Å². The first-order chi connectivity index (χ1) is 12.2. The second kappa shape index (κ2) is 8.53. The molecular weight excluding hydrogens is 348 g/mol. The molecule has 2 rings (SSSR count). The number of carbonyl (C=O) groups excluding carboxylic acids is 1. The van der Waals surface area contributed by atoms with Crippen molar-refractivity contribution >= 4 is 15.9 Å². The van der Waals surface area contributed by atoms with Crippen molar-refractivity contribution < 1.29 is 13.2 Å². The molecule has 1 atom stereocenters. The van der Waals surface area contributed by atoms with Crippen molar-refractivity contribution in [1.29, 1.82) is 0 Å². The molecule has 0 aliphatic carbocycles. The highest BCUT2D eigenvalue weighted by Gasteiger charge is 2.33. The Balaban J connectivity index is 2.06. The van der Waals surface area contributed by atoms with Crippen LogP contribution in [0.1, 0.15) is 56.2 Å². The van der Waals surface area contributed by atoms with Gasteiger partial charge in [-0.2, -0.15) is 4.31 Å². The van der Waals surface area contributed by atoms with E-state index in [9.17, 15) is 13.2 Å². The summed E-state index contributed by atoms with van der Waals surface area (Å²) < 4.78 is 27.7. The number of hydrogen-bond acceptors (Lipinski definition) is 3. The summed E-state index contributed by atoms with van der Waals surface area (Å²) in [7, 11) is -3.52. The highest BCUT2D eigenvalue weighted by atomic mass is 32.2. The second-order valence-corrected chi connectivity index (χ2v) is 9.48. The molecule has 1 unspecified atom stereocenters. The van der Waals surface area contributed by atoms with E-state index in [1.165, 1.54) is 4.31 Å². The fourth-order valence-corrected chi connectivity index (χ4v) is 5.81. The van der Waals surface area contributed by atoms with Crippen LogP contribution in [0.3, 0.4) is 0 Å². The number of benzene rings is 1. The highest BCUT2D eigenvalue weighted by Crippen LogP contribution is 2.28. The highest BCUT2D eigenvalue weighted by molar-refractivity contribution is 7.89. The Labute approximate surface area is 158 Å². The van der Waals surface area contributed by atoms with E-state index >= 15 is 0 Å². The summed E-state index contributed by atoms with van der Waals surface area (Å²) in [5.74, 6) is -0.0355. The summed E-state index contributed by atoms with van der Waals surface area (Å²) in [6, 6.07) is 4.00. The van der Waals surface area contributed by atoms with E-state index in [4.69, 9.17) is 0 Å². The van der Waals surface area contributed by atoms with Crippen LogP contribution < -0.4 is 5.32 Å². The smallest absolute Gasteiger partial charge is 0.243 e. The number of sulfonamides is 1. The summed E-state index contributed by atoms with van der Waals surface area (Å²) in [6.45, 7) is 10.6. The van der Waals surface area contributed by atoms with Gasteiger partial charge in [-0.1, -0.05) is 31.0 Å². The van der Waals surface area contributed by atoms with Crippen LogP contribution in [0, 0.1) is 26.7 Å². The minimum absolute atomic E-state index is 0.0608. The molecule has 1 aliphatic rings. The quantitative estimate of drug-likeness (QED) is 0.823. The zero-order valence-electron chi connectivity index (χ0n) is 16.6. The number of hydrogen-bond donors (Lipinski definition) is 1. The number of carbonyl (C=O) groups is 1. The lowest BCUT2D eigenvalue weighted by atomic mass is 9.96. The molecule has 0 saturated carbocycles. The van der Waals surface area contributed by atoms with Gasteiger partial charge < -0.3 is 5.32 Å². The third-order valence-corrected chi connectivity index (χ3v) is 7.34. The van der Waals surface area contributed by atoms with E-state index in [-0.39, 0.29) is 17.9 Å². The first-order valence-electron chi connectivity index (χ1n) is 9.55. The Bertz CT molecular complexity index is 727. The summed E-state index contributed by atoms with van der Waals surface area (Å²) >= 11 is 0. The maximum Gasteiger partial charge on any atom is 0.243 e. The predicted molar refractivity (Wildman–Crippen MR) is 105 cm³/mol. The standard InChI is InChI=1S/C20H32N2O3S/c1-6-7-17(5)21-20(23)18-8-10-22(11-9-18)26(24,25)19-15(3)12-14(2)13-16(19)4/h12-13,17-18H,6-11H2,1-5H3,(H,21,23). The molecule has 1 aliphatic heterocycles. The summed E-state index contributed by atoms with van der Waals surface area (Å²) in [4.78, 5) is 12.8. The minimum Gasteiger partial charge on any atom is -0.353 e. The van der Waals surface area contributed by atoms with Gasteiger partial charge in [-0.05, 0) is 58.1 Å². The number of piperidine rings is 1. The molecule has 1 heterocycles. The second-order valence-electron chi connectivity index (χ2n) is 7.60. The molecule has 0 spiro atoms. The van der Waals surface area contributed by atoms with Crippen LogP contribution in [0.2, 0.25) is 0 Å². The van der Waals surface area contributed by atoms with E-state index in [0.717, 1.165) is 29.5 Å². The fourth-order valence-electron chi connectivity index (χ4n) is 3.93. The average Bonchev–Trinajstić information content (AvgIpc) is 2.53. The van der Waals surface area contributed by atoms with Crippen LogP contribution in [-0.4, -0.2) is 37.8 Å². The Hall–Kier alpha value is -1.40. The van der Waals surface area contributed by atoms with E-state index in [2.05, 4.69) is 12.2 Å². The molecule has 0 radical (unpaired) electrons. The van der Waals surface area contributed by atoms with Crippen molar-refractivity contribution in [3.63, 3.8) is 0 Å². The molecule has 1 saturated heterocycles. The number of nitrogens with one attached hydrogen (secondary N) is 1. The van der Waals surface area contributed by atoms with Crippen LogP contribution in [0.4, 0.5) is 0 Å².